The number of amides is 3. The summed E-state index contributed by atoms with van der Waals surface area (Å²) in [4.78, 5) is 27.4. The molecule has 1 saturated heterocycles. The normalized spacial score (nSPS) is 18.8. The predicted octanol–water partition coefficient (Wildman–Crippen LogP) is 2.50. The first-order chi connectivity index (χ1) is 11.5. The van der Waals surface area contributed by atoms with Gasteiger partial charge in [-0.2, -0.15) is 0 Å². The molecule has 5 heteroatoms. The summed E-state index contributed by atoms with van der Waals surface area (Å²) in [6.45, 7) is 6.05. The number of urea groups is 1. The Morgan fingerprint density at radius 2 is 1.62 bits per heavy atom. The van der Waals surface area contributed by atoms with Gasteiger partial charge in [-0.1, -0.05) is 18.2 Å². The van der Waals surface area contributed by atoms with Gasteiger partial charge in [-0.05, 0) is 49.3 Å². The Kier molecular flexibility index (Phi) is 5.07. The van der Waals surface area contributed by atoms with E-state index in [2.05, 4.69) is 23.5 Å². The highest BCUT2D eigenvalue weighted by molar-refractivity contribution is 5.76. The fraction of sp³-hybridized carbons (Fsp3) is 0.579. The van der Waals surface area contributed by atoms with Crippen LogP contribution in [-0.4, -0.2) is 47.9 Å². The molecule has 3 amide bonds. The summed E-state index contributed by atoms with van der Waals surface area (Å²) in [6, 6.07) is 6.58. The third-order valence-electron chi connectivity index (χ3n) is 5.22. The minimum Gasteiger partial charge on any atom is -0.339 e. The number of carbonyl (C=O) groups is 2. The Morgan fingerprint density at radius 3 is 2.29 bits per heavy atom. The number of piperazine rings is 1. The van der Waals surface area contributed by atoms with E-state index in [0.29, 0.717) is 26.2 Å². The second kappa shape index (κ2) is 7.24. The van der Waals surface area contributed by atoms with Gasteiger partial charge in [-0.15, -0.1) is 0 Å². The first-order valence-electron chi connectivity index (χ1n) is 8.97. The minimum atomic E-state index is -0.0385. The van der Waals surface area contributed by atoms with E-state index in [9.17, 15) is 9.59 Å². The van der Waals surface area contributed by atoms with E-state index in [1.165, 1.54) is 36.0 Å². The number of aryl methyl sites for hydroxylation is 2. The second-order valence-electron chi connectivity index (χ2n) is 6.90. The molecule has 1 heterocycles. The van der Waals surface area contributed by atoms with E-state index < -0.39 is 0 Å². The van der Waals surface area contributed by atoms with Gasteiger partial charge in [0.2, 0.25) is 5.91 Å². The van der Waals surface area contributed by atoms with Crippen LogP contribution in [0.1, 0.15) is 49.4 Å². The van der Waals surface area contributed by atoms with Gasteiger partial charge in [0.1, 0.15) is 0 Å². The number of fused-ring (bicyclic) bond motifs is 1. The molecule has 0 spiro atoms. The molecule has 1 fully saturated rings. The van der Waals surface area contributed by atoms with Crippen molar-refractivity contribution in [1.82, 2.24) is 15.1 Å². The minimum absolute atomic E-state index is 0.00411. The van der Waals surface area contributed by atoms with Crippen LogP contribution in [0.4, 0.5) is 4.79 Å². The maximum atomic E-state index is 12.5. The van der Waals surface area contributed by atoms with Crippen molar-refractivity contribution in [2.75, 3.05) is 26.2 Å². The first-order valence-corrected chi connectivity index (χ1v) is 8.97. The Balaban J connectivity index is 1.57. The van der Waals surface area contributed by atoms with Gasteiger partial charge < -0.3 is 15.1 Å². The number of rotatable bonds is 2. The van der Waals surface area contributed by atoms with Gasteiger partial charge in [0, 0.05) is 33.1 Å². The van der Waals surface area contributed by atoms with Gasteiger partial charge in [0.25, 0.3) is 0 Å². The van der Waals surface area contributed by atoms with Crippen LogP contribution in [-0.2, 0) is 17.6 Å². The molecule has 1 aromatic carbocycles. The largest absolute Gasteiger partial charge is 0.339 e. The van der Waals surface area contributed by atoms with Crippen molar-refractivity contribution in [3.05, 3.63) is 34.9 Å². The number of hydrogen-bond donors (Lipinski definition) is 1. The zero-order valence-electron chi connectivity index (χ0n) is 14.7. The second-order valence-corrected chi connectivity index (χ2v) is 6.90. The number of hydrogen-bond acceptors (Lipinski definition) is 2. The lowest BCUT2D eigenvalue weighted by atomic mass is 9.89. The molecule has 1 atom stereocenters. The third kappa shape index (κ3) is 3.71. The Labute approximate surface area is 144 Å². The standard InChI is InChI=1S/C19H27N3O2/c1-14(17-8-7-16-5-3-4-6-18(16)13-17)20-19(24)22-11-9-21(10-12-22)15(2)23/h7-8,13-14H,3-6,9-12H2,1-2H3,(H,20,24)/t14-/m1/s1. The molecule has 0 radical (unpaired) electrons. The van der Waals surface area contributed by atoms with Gasteiger partial charge in [-0.25, -0.2) is 4.79 Å². The van der Waals surface area contributed by atoms with Crippen molar-refractivity contribution in [3.63, 3.8) is 0 Å². The zero-order chi connectivity index (χ0) is 17.1. The molecule has 2 aliphatic rings. The van der Waals surface area contributed by atoms with E-state index in [0.717, 1.165) is 6.42 Å². The van der Waals surface area contributed by atoms with Crippen LogP contribution in [0.3, 0.4) is 0 Å². The molecule has 1 aromatic rings. The van der Waals surface area contributed by atoms with Gasteiger partial charge >= 0.3 is 6.03 Å². The molecular weight excluding hydrogens is 302 g/mol. The average Bonchev–Trinajstić information content (AvgIpc) is 2.61. The highest BCUT2D eigenvalue weighted by Crippen LogP contribution is 2.24. The van der Waals surface area contributed by atoms with Crippen molar-refractivity contribution in [2.24, 2.45) is 0 Å². The van der Waals surface area contributed by atoms with E-state index in [-0.39, 0.29) is 18.0 Å². The van der Waals surface area contributed by atoms with E-state index in [1.54, 1.807) is 16.7 Å². The molecule has 1 aliphatic carbocycles. The van der Waals surface area contributed by atoms with E-state index in [4.69, 9.17) is 0 Å². The van der Waals surface area contributed by atoms with Crippen molar-refractivity contribution in [3.8, 4) is 0 Å². The number of nitrogens with zero attached hydrogens (tertiary/aromatic N) is 2. The SMILES string of the molecule is CC(=O)N1CCN(C(=O)N[C@H](C)c2ccc3c(c2)CCCC3)CC1. The summed E-state index contributed by atoms with van der Waals surface area (Å²) < 4.78 is 0. The van der Waals surface area contributed by atoms with Gasteiger partial charge in [0.15, 0.2) is 0 Å². The molecule has 1 N–H and O–H groups in total. The molecule has 130 valence electrons. The number of carbonyl (C=O) groups excluding carboxylic acids is 2. The van der Waals surface area contributed by atoms with E-state index in [1.807, 2.05) is 6.92 Å². The summed E-state index contributed by atoms with van der Waals surface area (Å²) in [5.74, 6) is 0.0810. The summed E-state index contributed by atoms with van der Waals surface area (Å²) >= 11 is 0. The maximum absolute atomic E-state index is 12.5. The molecule has 0 unspecified atom stereocenters. The lowest BCUT2D eigenvalue weighted by molar-refractivity contribution is -0.130. The van der Waals surface area contributed by atoms with Crippen LogP contribution < -0.4 is 5.32 Å². The molecule has 5 nitrogen and oxygen atoms in total. The summed E-state index contributed by atoms with van der Waals surface area (Å²) in [7, 11) is 0. The van der Waals surface area contributed by atoms with Crippen LogP contribution in [0.15, 0.2) is 18.2 Å². The molecule has 3 rings (SSSR count). The fourth-order valence-electron chi connectivity index (χ4n) is 3.61. The number of nitrogens with one attached hydrogen (secondary N) is 1. The van der Waals surface area contributed by atoms with Crippen LogP contribution >= 0.6 is 0 Å². The Bertz CT molecular complexity index is 621. The molecule has 1 aliphatic heterocycles. The molecular formula is C19H27N3O2. The van der Waals surface area contributed by atoms with Crippen LogP contribution in [0.2, 0.25) is 0 Å². The highest BCUT2D eigenvalue weighted by atomic mass is 16.2. The smallest absolute Gasteiger partial charge is 0.317 e. The van der Waals surface area contributed by atoms with Crippen LogP contribution in [0.25, 0.3) is 0 Å². The molecule has 24 heavy (non-hydrogen) atoms. The zero-order valence-corrected chi connectivity index (χ0v) is 14.7. The quantitative estimate of drug-likeness (QED) is 0.906. The maximum Gasteiger partial charge on any atom is 0.317 e. The summed E-state index contributed by atoms with van der Waals surface area (Å²) in [6.07, 6.45) is 4.87. The molecule has 0 saturated carbocycles. The van der Waals surface area contributed by atoms with Crippen molar-refractivity contribution >= 4 is 11.9 Å². The molecule has 0 bridgehead atoms. The lowest BCUT2D eigenvalue weighted by Crippen LogP contribution is -2.53. The number of benzene rings is 1. The lowest BCUT2D eigenvalue weighted by Gasteiger charge is -2.34. The van der Waals surface area contributed by atoms with Crippen LogP contribution in [0, 0.1) is 0 Å². The summed E-state index contributed by atoms with van der Waals surface area (Å²) in [5.41, 5.74) is 4.07. The Hall–Kier alpha value is -2.04. The third-order valence-corrected chi connectivity index (χ3v) is 5.22. The monoisotopic (exact) mass is 329 g/mol. The van der Waals surface area contributed by atoms with Crippen LogP contribution in [0.5, 0.6) is 0 Å². The fourth-order valence-corrected chi connectivity index (χ4v) is 3.61. The highest BCUT2D eigenvalue weighted by Gasteiger charge is 2.23. The van der Waals surface area contributed by atoms with Crippen molar-refractivity contribution in [2.45, 2.75) is 45.6 Å². The predicted molar refractivity (Wildman–Crippen MR) is 93.9 cm³/mol. The Morgan fingerprint density at radius 1 is 1.00 bits per heavy atom. The topological polar surface area (TPSA) is 52.7 Å². The van der Waals surface area contributed by atoms with E-state index >= 15 is 0 Å². The average molecular weight is 329 g/mol. The summed E-state index contributed by atoms with van der Waals surface area (Å²) in [5, 5.41) is 3.10. The van der Waals surface area contributed by atoms with Gasteiger partial charge in [0.05, 0.1) is 6.04 Å². The van der Waals surface area contributed by atoms with Crippen molar-refractivity contribution < 1.29 is 9.59 Å². The first kappa shape index (κ1) is 16.8. The van der Waals surface area contributed by atoms with Gasteiger partial charge in [-0.3, -0.25) is 4.79 Å². The molecule has 0 aromatic heterocycles. The van der Waals surface area contributed by atoms with Crippen molar-refractivity contribution in [1.29, 1.82) is 0 Å².